The van der Waals surface area contributed by atoms with Gasteiger partial charge in [0.05, 0.1) is 5.52 Å². The molecule has 0 spiro atoms. The number of fused-ring (bicyclic) bond motifs is 1. The van der Waals surface area contributed by atoms with E-state index in [1.165, 1.54) is 5.56 Å². The molecule has 1 aromatic heterocycles. The van der Waals surface area contributed by atoms with E-state index in [1.54, 1.807) is 17.8 Å². The average molecular weight is 207 g/mol. The molecular formula is C11H13NOS. The van der Waals surface area contributed by atoms with E-state index in [0.29, 0.717) is 5.75 Å². The Kier molecular flexibility index (Phi) is 2.42. The van der Waals surface area contributed by atoms with Crippen LogP contribution in [0.4, 0.5) is 0 Å². The Morgan fingerprint density at radius 1 is 1.43 bits per heavy atom. The first-order valence-electron chi connectivity index (χ1n) is 4.49. The lowest BCUT2D eigenvalue weighted by Gasteiger charge is -1.98. The van der Waals surface area contributed by atoms with Gasteiger partial charge in [0.1, 0.15) is 5.75 Å². The summed E-state index contributed by atoms with van der Waals surface area (Å²) in [5.41, 5.74) is 2.21. The first-order chi connectivity index (χ1) is 6.74. The number of aromatic nitrogens is 1. The van der Waals surface area contributed by atoms with Crippen LogP contribution in [0.5, 0.6) is 5.75 Å². The summed E-state index contributed by atoms with van der Waals surface area (Å²) >= 11 is 1.79. The normalized spacial score (nSPS) is 11.0. The lowest BCUT2D eigenvalue weighted by Crippen LogP contribution is -1.83. The molecule has 0 atom stereocenters. The Balaban J connectivity index is 2.71. The van der Waals surface area contributed by atoms with Gasteiger partial charge in [-0.1, -0.05) is 12.1 Å². The number of phenolic OH excluding ortho intramolecular Hbond substituents is 1. The van der Waals surface area contributed by atoms with Crippen molar-refractivity contribution >= 4 is 22.7 Å². The van der Waals surface area contributed by atoms with Crippen LogP contribution in [-0.2, 0) is 12.8 Å². The molecule has 0 saturated carbocycles. The molecule has 2 aromatic rings. The second-order valence-corrected chi connectivity index (χ2v) is 4.24. The van der Waals surface area contributed by atoms with Gasteiger partial charge < -0.3 is 9.67 Å². The summed E-state index contributed by atoms with van der Waals surface area (Å²) < 4.78 is 1.98. The van der Waals surface area contributed by atoms with Crippen LogP contribution in [0.15, 0.2) is 24.4 Å². The molecule has 1 aromatic carbocycles. The Morgan fingerprint density at radius 2 is 2.21 bits per heavy atom. The maximum Gasteiger partial charge on any atom is 0.139 e. The number of thioether (sulfide) groups is 1. The molecule has 74 valence electrons. The topological polar surface area (TPSA) is 25.2 Å². The molecule has 0 unspecified atom stereocenters. The number of nitrogens with zero attached hydrogens (tertiary/aromatic N) is 1. The summed E-state index contributed by atoms with van der Waals surface area (Å²) in [6.07, 6.45) is 4.17. The van der Waals surface area contributed by atoms with Crippen LogP contribution in [0.1, 0.15) is 5.56 Å². The Labute approximate surface area is 87.5 Å². The van der Waals surface area contributed by atoms with Crippen molar-refractivity contribution in [3.05, 3.63) is 30.0 Å². The summed E-state index contributed by atoms with van der Waals surface area (Å²) in [6.45, 7) is 0. The predicted molar refractivity (Wildman–Crippen MR) is 61.8 cm³/mol. The lowest BCUT2D eigenvalue weighted by atomic mass is 10.2. The van der Waals surface area contributed by atoms with E-state index in [2.05, 4.69) is 18.5 Å². The number of aromatic hydroxyl groups is 1. The van der Waals surface area contributed by atoms with Gasteiger partial charge in [0.25, 0.3) is 0 Å². The number of para-hydroxylation sites is 1. The van der Waals surface area contributed by atoms with E-state index in [4.69, 9.17) is 0 Å². The van der Waals surface area contributed by atoms with Crippen molar-refractivity contribution in [2.24, 2.45) is 7.05 Å². The van der Waals surface area contributed by atoms with E-state index in [0.717, 1.165) is 16.7 Å². The van der Waals surface area contributed by atoms with Crippen molar-refractivity contribution in [2.75, 3.05) is 6.26 Å². The first kappa shape index (κ1) is 9.46. The SMILES string of the molecule is CSCc1cn(C)c2c(O)cccc12. The van der Waals surface area contributed by atoms with Crippen molar-refractivity contribution in [3.63, 3.8) is 0 Å². The van der Waals surface area contributed by atoms with Crippen LogP contribution in [0.25, 0.3) is 10.9 Å². The van der Waals surface area contributed by atoms with Crippen LogP contribution >= 0.6 is 11.8 Å². The largest absolute Gasteiger partial charge is 0.506 e. The van der Waals surface area contributed by atoms with E-state index in [-0.39, 0.29) is 0 Å². The summed E-state index contributed by atoms with van der Waals surface area (Å²) in [7, 11) is 1.96. The van der Waals surface area contributed by atoms with Crippen LogP contribution in [0, 0.1) is 0 Å². The third-order valence-electron chi connectivity index (χ3n) is 2.36. The molecule has 0 radical (unpaired) electrons. The van der Waals surface area contributed by atoms with Gasteiger partial charge in [-0.2, -0.15) is 11.8 Å². The zero-order valence-corrected chi connectivity index (χ0v) is 9.14. The fraction of sp³-hybridized carbons (Fsp3) is 0.273. The molecule has 0 aliphatic rings. The molecule has 0 amide bonds. The second-order valence-electron chi connectivity index (χ2n) is 3.37. The van der Waals surface area contributed by atoms with E-state index in [1.807, 2.05) is 17.7 Å². The molecule has 2 nitrogen and oxygen atoms in total. The van der Waals surface area contributed by atoms with Crippen molar-refractivity contribution in [1.82, 2.24) is 4.57 Å². The third kappa shape index (κ3) is 1.38. The van der Waals surface area contributed by atoms with Crippen LogP contribution in [0.2, 0.25) is 0 Å². The number of phenols is 1. The van der Waals surface area contributed by atoms with Crippen LogP contribution in [-0.4, -0.2) is 15.9 Å². The maximum absolute atomic E-state index is 9.71. The van der Waals surface area contributed by atoms with Gasteiger partial charge >= 0.3 is 0 Å². The lowest BCUT2D eigenvalue weighted by molar-refractivity contribution is 0.479. The highest BCUT2D eigenvalue weighted by molar-refractivity contribution is 7.97. The minimum absolute atomic E-state index is 0.359. The van der Waals surface area contributed by atoms with Gasteiger partial charge in [-0.05, 0) is 17.9 Å². The highest BCUT2D eigenvalue weighted by atomic mass is 32.2. The maximum atomic E-state index is 9.71. The highest BCUT2D eigenvalue weighted by Crippen LogP contribution is 2.29. The number of hydrogen-bond donors (Lipinski definition) is 1. The summed E-state index contributed by atoms with van der Waals surface area (Å²) in [5, 5.41) is 10.9. The van der Waals surface area contributed by atoms with E-state index >= 15 is 0 Å². The van der Waals surface area contributed by atoms with Crippen molar-refractivity contribution in [2.45, 2.75) is 5.75 Å². The number of hydrogen-bond acceptors (Lipinski definition) is 2. The molecule has 3 heteroatoms. The summed E-state index contributed by atoms with van der Waals surface area (Å²) in [6, 6.07) is 5.67. The molecule has 1 N–H and O–H groups in total. The van der Waals surface area contributed by atoms with Gasteiger partial charge in [0.2, 0.25) is 0 Å². The number of benzene rings is 1. The zero-order valence-electron chi connectivity index (χ0n) is 8.32. The summed E-state index contributed by atoms with van der Waals surface area (Å²) in [4.78, 5) is 0. The molecule has 0 aliphatic carbocycles. The third-order valence-corrected chi connectivity index (χ3v) is 2.96. The quantitative estimate of drug-likeness (QED) is 0.819. The van der Waals surface area contributed by atoms with Crippen molar-refractivity contribution in [1.29, 1.82) is 0 Å². The molecule has 0 aliphatic heterocycles. The standard InChI is InChI=1S/C11H13NOS/c1-12-6-8(7-14-2)9-4-3-5-10(13)11(9)12/h3-6,13H,7H2,1-2H3. The Hall–Kier alpha value is -1.09. The van der Waals surface area contributed by atoms with Gasteiger partial charge in [-0.3, -0.25) is 0 Å². The van der Waals surface area contributed by atoms with Crippen molar-refractivity contribution < 1.29 is 5.11 Å². The monoisotopic (exact) mass is 207 g/mol. The molecule has 14 heavy (non-hydrogen) atoms. The second kappa shape index (κ2) is 3.58. The molecule has 0 saturated heterocycles. The van der Waals surface area contributed by atoms with Gasteiger partial charge in [0.15, 0.2) is 0 Å². The number of aryl methyl sites for hydroxylation is 1. The van der Waals surface area contributed by atoms with E-state index < -0.39 is 0 Å². The van der Waals surface area contributed by atoms with Gasteiger partial charge in [0, 0.05) is 24.4 Å². The minimum Gasteiger partial charge on any atom is -0.506 e. The fourth-order valence-electron chi connectivity index (χ4n) is 1.80. The van der Waals surface area contributed by atoms with Crippen molar-refractivity contribution in [3.8, 4) is 5.75 Å². The molecule has 0 fully saturated rings. The first-order valence-corrected chi connectivity index (χ1v) is 5.88. The molecule has 2 rings (SSSR count). The molecule has 1 heterocycles. The predicted octanol–water partition coefficient (Wildman–Crippen LogP) is 2.75. The van der Waals surface area contributed by atoms with Crippen LogP contribution < -0.4 is 0 Å². The fourth-order valence-corrected chi connectivity index (χ4v) is 2.34. The highest BCUT2D eigenvalue weighted by Gasteiger charge is 2.08. The Bertz CT molecular complexity index is 462. The minimum atomic E-state index is 0.359. The molecule has 0 bridgehead atoms. The molecular weight excluding hydrogens is 194 g/mol. The van der Waals surface area contributed by atoms with E-state index in [9.17, 15) is 5.11 Å². The zero-order chi connectivity index (χ0) is 10.1. The Morgan fingerprint density at radius 3 is 2.93 bits per heavy atom. The number of rotatable bonds is 2. The van der Waals surface area contributed by atoms with Crippen LogP contribution in [0.3, 0.4) is 0 Å². The van der Waals surface area contributed by atoms with Gasteiger partial charge in [-0.15, -0.1) is 0 Å². The smallest absolute Gasteiger partial charge is 0.139 e. The van der Waals surface area contributed by atoms with Gasteiger partial charge in [-0.25, -0.2) is 0 Å². The average Bonchev–Trinajstić information content (AvgIpc) is 2.46. The summed E-state index contributed by atoms with van der Waals surface area (Å²) in [5.74, 6) is 1.35.